The van der Waals surface area contributed by atoms with Crippen molar-refractivity contribution >= 4 is 29.3 Å². The second-order valence-electron chi connectivity index (χ2n) is 4.88. The van der Waals surface area contributed by atoms with Crippen LogP contribution in [0, 0.1) is 10.1 Å². The van der Waals surface area contributed by atoms with Crippen LogP contribution in [-0.2, 0) is 9.53 Å². The lowest BCUT2D eigenvalue weighted by Crippen LogP contribution is -2.21. The molecule has 0 spiro atoms. The van der Waals surface area contributed by atoms with Gasteiger partial charge in [0.2, 0.25) is 0 Å². The van der Waals surface area contributed by atoms with Gasteiger partial charge in [-0.1, -0.05) is 35.5 Å². The molecule has 22 heavy (non-hydrogen) atoms. The Hall–Kier alpha value is -1.73. The van der Waals surface area contributed by atoms with Crippen LogP contribution in [0.5, 0.6) is 0 Å². The van der Waals surface area contributed by atoms with E-state index >= 15 is 0 Å². The zero-order chi connectivity index (χ0) is 16.3. The molecule has 0 bridgehead atoms. The molecule has 0 aromatic heterocycles. The number of ether oxygens (including phenoxy) is 1. The zero-order valence-corrected chi connectivity index (χ0v) is 13.6. The van der Waals surface area contributed by atoms with Gasteiger partial charge in [0.1, 0.15) is 5.03 Å². The van der Waals surface area contributed by atoms with Crippen molar-refractivity contribution < 1.29 is 14.5 Å². The van der Waals surface area contributed by atoms with Crippen LogP contribution >= 0.6 is 23.4 Å². The Morgan fingerprint density at radius 1 is 1.36 bits per heavy atom. The molecule has 3 unspecified atom stereocenters. The van der Waals surface area contributed by atoms with Crippen LogP contribution < -0.4 is 5.32 Å². The summed E-state index contributed by atoms with van der Waals surface area (Å²) in [7, 11) is 0. The molecular formula is C14H15ClN2O4S. The first-order chi connectivity index (χ1) is 10.4. The number of hydrogen-bond acceptors (Lipinski definition) is 6. The highest BCUT2D eigenvalue weighted by Gasteiger charge is 2.31. The Balaban J connectivity index is 0.000000299. The molecule has 2 saturated heterocycles. The minimum atomic E-state index is -0.438. The third-order valence-electron chi connectivity index (χ3n) is 3.07. The predicted octanol–water partition coefficient (Wildman–Crippen LogP) is 3.11. The number of carbonyl (C=O) groups excluding carboxylic acids is 1. The molecule has 0 saturated carbocycles. The molecule has 6 nitrogen and oxygen atoms in total. The van der Waals surface area contributed by atoms with Gasteiger partial charge in [0.25, 0.3) is 6.20 Å². The minimum absolute atomic E-state index is 0.0787. The Morgan fingerprint density at radius 2 is 1.91 bits per heavy atom. The van der Waals surface area contributed by atoms with Crippen LogP contribution in [0.4, 0.5) is 0 Å². The summed E-state index contributed by atoms with van der Waals surface area (Å²) in [5.41, 5.74) is 1.12. The topological polar surface area (TPSA) is 84.8 Å². The summed E-state index contributed by atoms with van der Waals surface area (Å²) in [4.78, 5) is 19.6. The van der Waals surface area contributed by atoms with Gasteiger partial charge in [-0.25, -0.2) is 4.79 Å². The van der Waals surface area contributed by atoms with Gasteiger partial charge >= 0.3 is 5.97 Å². The largest absolute Gasteiger partial charge is 0.448 e. The van der Waals surface area contributed by atoms with Crippen LogP contribution in [0.3, 0.4) is 0 Å². The van der Waals surface area contributed by atoms with E-state index in [0.29, 0.717) is 10.1 Å². The Morgan fingerprint density at radius 3 is 2.36 bits per heavy atom. The van der Waals surface area contributed by atoms with Crippen LogP contribution in [0.2, 0.25) is 5.02 Å². The Labute approximate surface area is 137 Å². The summed E-state index contributed by atoms with van der Waals surface area (Å²) in [5, 5.41) is 15.0. The Bertz CT molecular complexity index is 605. The molecule has 2 heterocycles. The van der Waals surface area contributed by atoms with Gasteiger partial charge in [-0.05, 0) is 31.5 Å². The van der Waals surface area contributed by atoms with Gasteiger partial charge in [-0.3, -0.25) is 10.1 Å². The number of thioether (sulfide) groups is 1. The summed E-state index contributed by atoms with van der Waals surface area (Å²) in [5.74, 6) is -0.0787. The molecule has 8 heteroatoms. The number of hydrogen-bond donors (Lipinski definition) is 1. The fraction of sp³-hybridized carbons (Fsp3) is 0.357. The number of benzene rings is 1. The molecule has 0 amide bonds. The van der Waals surface area contributed by atoms with E-state index in [1.807, 2.05) is 31.2 Å². The van der Waals surface area contributed by atoms with E-state index in [0.717, 1.165) is 11.8 Å². The molecule has 1 aromatic rings. The minimum Gasteiger partial charge on any atom is -0.448 e. The van der Waals surface area contributed by atoms with Crippen LogP contribution in [0.25, 0.3) is 0 Å². The maximum Gasteiger partial charge on any atom is 0.347 e. The fourth-order valence-electron chi connectivity index (χ4n) is 1.89. The molecule has 0 radical (unpaired) electrons. The number of nitrogens with zero attached hydrogens (tertiary/aromatic N) is 1. The average molecular weight is 343 g/mol. The van der Waals surface area contributed by atoms with Crippen molar-refractivity contribution in [2.75, 3.05) is 0 Å². The van der Waals surface area contributed by atoms with E-state index in [-0.39, 0.29) is 23.4 Å². The number of cyclic esters (lactones) is 1. The third-order valence-corrected chi connectivity index (χ3v) is 4.73. The SMILES string of the molecule is CC1NC(=C[N+](=O)[O-])SC1c1ccc(Cl)cc1.CC1OC1=O. The number of halogens is 1. The molecule has 118 valence electrons. The first-order valence-electron chi connectivity index (χ1n) is 6.61. The van der Waals surface area contributed by atoms with Crippen LogP contribution in [0.1, 0.15) is 24.7 Å². The first kappa shape index (κ1) is 16.6. The zero-order valence-electron chi connectivity index (χ0n) is 12.0. The van der Waals surface area contributed by atoms with Gasteiger partial charge in [0.15, 0.2) is 6.10 Å². The van der Waals surface area contributed by atoms with E-state index < -0.39 is 4.92 Å². The highest BCUT2D eigenvalue weighted by atomic mass is 35.5. The maximum atomic E-state index is 10.4. The van der Waals surface area contributed by atoms with E-state index in [1.165, 1.54) is 11.8 Å². The van der Waals surface area contributed by atoms with Gasteiger partial charge < -0.3 is 10.1 Å². The van der Waals surface area contributed by atoms with Crippen LogP contribution in [0.15, 0.2) is 35.5 Å². The third kappa shape index (κ3) is 4.64. The van der Waals surface area contributed by atoms with Crippen molar-refractivity contribution in [1.82, 2.24) is 5.32 Å². The first-order valence-corrected chi connectivity index (χ1v) is 7.87. The quantitative estimate of drug-likeness (QED) is 0.505. The number of epoxide rings is 1. The highest BCUT2D eigenvalue weighted by molar-refractivity contribution is 8.03. The molecule has 2 aliphatic rings. The molecule has 2 fully saturated rings. The molecule has 1 aromatic carbocycles. The van der Waals surface area contributed by atoms with E-state index in [4.69, 9.17) is 11.6 Å². The van der Waals surface area contributed by atoms with Gasteiger partial charge in [0, 0.05) is 11.1 Å². The van der Waals surface area contributed by atoms with Crippen molar-refractivity contribution in [3.8, 4) is 0 Å². The summed E-state index contributed by atoms with van der Waals surface area (Å²) >= 11 is 7.30. The van der Waals surface area contributed by atoms with Crippen molar-refractivity contribution in [2.45, 2.75) is 31.2 Å². The fourth-order valence-corrected chi connectivity index (χ4v) is 3.25. The highest BCUT2D eigenvalue weighted by Crippen LogP contribution is 2.42. The van der Waals surface area contributed by atoms with Crippen molar-refractivity contribution in [3.63, 3.8) is 0 Å². The van der Waals surface area contributed by atoms with E-state index in [1.54, 1.807) is 6.92 Å². The van der Waals surface area contributed by atoms with Crippen molar-refractivity contribution in [3.05, 3.63) is 56.2 Å². The average Bonchev–Trinajstić information content (AvgIpc) is 2.94. The van der Waals surface area contributed by atoms with E-state index in [2.05, 4.69) is 10.1 Å². The molecular weight excluding hydrogens is 328 g/mol. The molecule has 0 aliphatic carbocycles. The smallest absolute Gasteiger partial charge is 0.347 e. The number of rotatable bonds is 2. The molecule has 1 N–H and O–H groups in total. The monoisotopic (exact) mass is 342 g/mol. The number of nitrogens with one attached hydrogen (secondary N) is 1. The lowest BCUT2D eigenvalue weighted by atomic mass is 10.1. The summed E-state index contributed by atoms with van der Waals surface area (Å²) in [6.07, 6.45) is 0.923. The lowest BCUT2D eigenvalue weighted by Gasteiger charge is -2.13. The second kappa shape index (κ2) is 7.02. The number of nitro groups is 1. The number of carbonyl (C=O) groups is 1. The summed E-state index contributed by atoms with van der Waals surface area (Å²) < 4.78 is 4.28. The maximum absolute atomic E-state index is 10.4. The standard InChI is InChI=1S/C11H11ClN2O2S.C3H4O2/c1-7-11(8-2-4-9(12)5-3-8)17-10(13-7)6-14(15)16;1-2-3(4)5-2/h2-7,11,13H,1H3;2H,1H3. The van der Waals surface area contributed by atoms with Crippen LogP contribution in [-0.4, -0.2) is 23.0 Å². The summed E-state index contributed by atoms with van der Waals surface area (Å²) in [6.45, 7) is 3.73. The summed E-state index contributed by atoms with van der Waals surface area (Å²) in [6, 6.07) is 7.73. The van der Waals surface area contributed by atoms with Gasteiger partial charge in [-0.15, -0.1) is 0 Å². The van der Waals surface area contributed by atoms with Crippen molar-refractivity contribution in [1.29, 1.82) is 0 Å². The Kier molecular flexibility index (Phi) is 5.31. The van der Waals surface area contributed by atoms with Crippen molar-refractivity contribution in [2.24, 2.45) is 0 Å². The molecule has 3 rings (SSSR count). The van der Waals surface area contributed by atoms with E-state index in [9.17, 15) is 14.9 Å². The lowest BCUT2D eigenvalue weighted by molar-refractivity contribution is -0.403. The van der Waals surface area contributed by atoms with Gasteiger partial charge in [0.05, 0.1) is 10.2 Å². The predicted molar refractivity (Wildman–Crippen MR) is 85.0 cm³/mol. The van der Waals surface area contributed by atoms with Gasteiger partial charge in [-0.2, -0.15) is 0 Å². The second-order valence-corrected chi connectivity index (χ2v) is 6.50. The molecule has 3 atom stereocenters. The normalized spacial score (nSPS) is 27.5. The molecule has 2 aliphatic heterocycles.